The molecule has 2 heterocycles. The molecule has 0 aromatic heterocycles. The van der Waals surface area contributed by atoms with E-state index in [1.54, 1.807) is 0 Å². The number of likely N-dealkylation sites (tertiary alicyclic amines) is 2. The van der Waals surface area contributed by atoms with E-state index < -0.39 is 0 Å². The van der Waals surface area contributed by atoms with Gasteiger partial charge in [-0.15, -0.1) is 0 Å². The second-order valence-corrected chi connectivity index (χ2v) is 5.30. The Hall–Kier alpha value is -1.10. The Labute approximate surface area is 108 Å². The average Bonchev–Trinajstić information content (AvgIpc) is 2.94. The lowest BCUT2D eigenvalue weighted by Gasteiger charge is -2.34. The zero-order valence-electron chi connectivity index (χ0n) is 11.1. The summed E-state index contributed by atoms with van der Waals surface area (Å²) >= 11 is 0. The van der Waals surface area contributed by atoms with Crippen LogP contribution in [0, 0.1) is 0 Å². The summed E-state index contributed by atoms with van der Waals surface area (Å²) in [6.45, 7) is 4.04. The fourth-order valence-electron chi connectivity index (χ4n) is 3.39. The predicted octanol–water partition coefficient (Wildman–Crippen LogP) is 0.337. The molecule has 102 valence electrons. The van der Waals surface area contributed by atoms with Crippen molar-refractivity contribution in [1.82, 2.24) is 9.80 Å². The minimum absolute atomic E-state index is 0.239. The van der Waals surface area contributed by atoms with Crippen LogP contribution in [0.4, 0.5) is 0 Å². The first-order valence-electron chi connectivity index (χ1n) is 6.95. The van der Waals surface area contributed by atoms with Gasteiger partial charge in [-0.1, -0.05) is 6.92 Å². The molecular formula is C13H23N3O2. The first kappa shape index (κ1) is 13.3. The fraction of sp³-hybridized carbons (Fsp3) is 0.846. The van der Waals surface area contributed by atoms with Gasteiger partial charge in [0, 0.05) is 25.0 Å². The highest BCUT2D eigenvalue weighted by Crippen LogP contribution is 2.30. The molecule has 5 heteroatoms. The molecule has 2 fully saturated rings. The third kappa shape index (κ3) is 2.66. The van der Waals surface area contributed by atoms with Crippen LogP contribution in [0.3, 0.4) is 0 Å². The number of hydrogen-bond donors (Lipinski definition) is 1. The van der Waals surface area contributed by atoms with Crippen molar-refractivity contribution in [3.8, 4) is 0 Å². The summed E-state index contributed by atoms with van der Waals surface area (Å²) in [5, 5.41) is 0. The van der Waals surface area contributed by atoms with Crippen molar-refractivity contribution in [3.63, 3.8) is 0 Å². The van der Waals surface area contributed by atoms with Crippen molar-refractivity contribution < 1.29 is 9.59 Å². The van der Waals surface area contributed by atoms with Crippen LogP contribution in [-0.4, -0.2) is 53.3 Å². The fourth-order valence-corrected chi connectivity index (χ4v) is 3.39. The van der Waals surface area contributed by atoms with Gasteiger partial charge in [0.25, 0.3) is 0 Å². The lowest BCUT2D eigenvalue weighted by Crippen LogP contribution is -2.49. The Bertz CT molecular complexity index is 332. The minimum Gasteiger partial charge on any atom is -0.369 e. The van der Waals surface area contributed by atoms with Gasteiger partial charge < -0.3 is 10.6 Å². The van der Waals surface area contributed by atoms with Crippen molar-refractivity contribution in [1.29, 1.82) is 0 Å². The van der Waals surface area contributed by atoms with Gasteiger partial charge in [-0.3, -0.25) is 14.5 Å². The topological polar surface area (TPSA) is 66.6 Å². The number of primary amides is 1. The highest BCUT2D eigenvalue weighted by atomic mass is 16.2. The average molecular weight is 253 g/mol. The van der Waals surface area contributed by atoms with Gasteiger partial charge in [0.2, 0.25) is 11.8 Å². The molecule has 2 amide bonds. The van der Waals surface area contributed by atoms with Crippen LogP contribution >= 0.6 is 0 Å². The van der Waals surface area contributed by atoms with Gasteiger partial charge in [0.15, 0.2) is 0 Å². The summed E-state index contributed by atoms with van der Waals surface area (Å²) in [6.07, 6.45) is 4.88. The third-order valence-corrected chi connectivity index (χ3v) is 4.14. The normalized spacial score (nSPS) is 28.8. The molecule has 0 radical (unpaired) electrons. The molecule has 2 N–H and O–H groups in total. The van der Waals surface area contributed by atoms with Crippen LogP contribution in [0.25, 0.3) is 0 Å². The smallest absolute Gasteiger partial charge is 0.231 e. The standard InChI is InChI=1S/C13H23N3O2/c1-2-13(18)16-8-4-6-11(16)10-5-3-7-15(10)9-12(14)17/h10-11H,2-9H2,1H3,(H2,14,17)/t10-,11+/m1/s1. The van der Waals surface area contributed by atoms with E-state index in [2.05, 4.69) is 4.90 Å². The Balaban J connectivity index is 2.04. The monoisotopic (exact) mass is 253 g/mol. The maximum absolute atomic E-state index is 11.9. The van der Waals surface area contributed by atoms with Crippen molar-refractivity contribution in [2.75, 3.05) is 19.6 Å². The summed E-state index contributed by atoms with van der Waals surface area (Å²) in [5.41, 5.74) is 5.29. The van der Waals surface area contributed by atoms with Crippen LogP contribution in [0.15, 0.2) is 0 Å². The van der Waals surface area contributed by atoms with Crippen molar-refractivity contribution in [2.24, 2.45) is 5.73 Å². The predicted molar refractivity (Wildman–Crippen MR) is 68.8 cm³/mol. The van der Waals surface area contributed by atoms with Crippen LogP contribution in [0.5, 0.6) is 0 Å². The van der Waals surface area contributed by atoms with E-state index >= 15 is 0 Å². The van der Waals surface area contributed by atoms with Gasteiger partial charge in [0.1, 0.15) is 0 Å². The highest BCUT2D eigenvalue weighted by Gasteiger charge is 2.39. The molecule has 0 unspecified atom stereocenters. The highest BCUT2D eigenvalue weighted by molar-refractivity contribution is 5.77. The molecule has 5 nitrogen and oxygen atoms in total. The number of nitrogens with zero attached hydrogens (tertiary/aromatic N) is 2. The molecule has 18 heavy (non-hydrogen) atoms. The molecular weight excluding hydrogens is 230 g/mol. The number of amides is 2. The molecule has 2 aliphatic rings. The number of rotatable bonds is 4. The second kappa shape index (κ2) is 5.69. The van der Waals surface area contributed by atoms with Crippen LogP contribution in [0.1, 0.15) is 39.0 Å². The van der Waals surface area contributed by atoms with E-state index in [1.807, 2.05) is 11.8 Å². The lowest BCUT2D eigenvalue weighted by molar-refractivity contribution is -0.132. The second-order valence-electron chi connectivity index (χ2n) is 5.30. The molecule has 0 aromatic carbocycles. The van der Waals surface area contributed by atoms with E-state index in [4.69, 9.17) is 5.73 Å². The van der Waals surface area contributed by atoms with Crippen molar-refractivity contribution >= 4 is 11.8 Å². The number of carbonyl (C=O) groups excluding carboxylic acids is 2. The first-order chi connectivity index (χ1) is 8.63. The quantitative estimate of drug-likeness (QED) is 0.785. The Morgan fingerprint density at radius 2 is 1.83 bits per heavy atom. The van der Waals surface area contributed by atoms with Crippen LogP contribution < -0.4 is 5.73 Å². The van der Waals surface area contributed by atoms with E-state index in [9.17, 15) is 9.59 Å². The van der Waals surface area contributed by atoms with Gasteiger partial charge >= 0.3 is 0 Å². The molecule has 0 spiro atoms. The number of carbonyl (C=O) groups is 2. The Kier molecular flexibility index (Phi) is 4.22. The maximum atomic E-state index is 11.9. The maximum Gasteiger partial charge on any atom is 0.231 e. The molecule has 2 aliphatic heterocycles. The van der Waals surface area contributed by atoms with E-state index in [-0.39, 0.29) is 11.8 Å². The summed E-state index contributed by atoms with van der Waals surface area (Å²) in [5.74, 6) is -0.0308. The third-order valence-electron chi connectivity index (χ3n) is 4.14. The van der Waals surface area contributed by atoms with Gasteiger partial charge in [-0.05, 0) is 32.2 Å². The van der Waals surface area contributed by atoms with Gasteiger partial charge in [0.05, 0.1) is 6.54 Å². The largest absolute Gasteiger partial charge is 0.369 e. The van der Waals surface area contributed by atoms with Crippen molar-refractivity contribution in [2.45, 2.75) is 51.1 Å². The van der Waals surface area contributed by atoms with Gasteiger partial charge in [-0.25, -0.2) is 0 Å². The molecule has 0 saturated carbocycles. The zero-order valence-corrected chi connectivity index (χ0v) is 11.1. The summed E-state index contributed by atoms with van der Waals surface area (Å²) in [4.78, 5) is 27.2. The SMILES string of the molecule is CCC(=O)N1CCC[C@H]1[C@H]1CCCN1CC(N)=O. The van der Waals surface area contributed by atoms with Crippen molar-refractivity contribution in [3.05, 3.63) is 0 Å². The van der Waals surface area contributed by atoms with E-state index in [0.29, 0.717) is 25.0 Å². The van der Waals surface area contributed by atoms with E-state index in [0.717, 1.165) is 38.8 Å². The van der Waals surface area contributed by atoms with Gasteiger partial charge in [-0.2, -0.15) is 0 Å². The molecule has 2 atom stereocenters. The first-order valence-corrected chi connectivity index (χ1v) is 6.95. The zero-order chi connectivity index (χ0) is 13.1. The van der Waals surface area contributed by atoms with Crippen LogP contribution in [0.2, 0.25) is 0 Å². The molecule has 2 rings (SSSR count). The number of nitrogens with two attached hydrogens (primary N) is 1. The molecule has 0 bridgehead atoms. The lowest BCUT2D eigenvalue weighted by atomic mass is 10.0. The molecule has 0 aromatic rings. The van der Waals surface area contributed by atoms with Crippen LogP contribution in [-0.2, 0) is 9.59 Å². The number of hydrogen-bond acceptors (Lipinski definition) is 3. The Morgan fingerprint density at radius 3 is 2.50 bits per heavy atom. The summed E-state index contributed by atoms with van der Waals surface area (Å²) < 4.78 is 0. The molecule has 2 saturated heterocycles. The minimum atomic E-state index is -0.270. The summed E-state index contributed by atoms with van der Waals surface area (Å²) in [6, 6.07) is 0.620. The summed E-state index contributed by atoms with van der Waals surface area (Å²) in [7, 11) is 0. The van der Waals surface area contributed by atoms with E-state index in [1.165, 1.54) is 0 Å². The Morgan fingerprint density at radius 1 is 1.17 bits per heavy atom. The molecule has 0 aliphatic carbocycles.